The molecule has 2 rings (SSSR count). The topological polar surface area (TPSA) is 12.0 Å². The number of hydrogen-bond acceptors (Lipinski definition) is 1. The number of fused-ring (bicyclic) bond motifs is 1. The van der Waals surface area contributed by atoms with Crippen LogP contribution in [0.3, 0.4) is 0 Å². The molecular weight excluding hydrogens is 177 g/mol. The average molecular weight is 193 g/mol. The zero-order chi connectivity index (χ0) is 10.1. The molecule has 1 heterocycles. The molecule has 1 unspecified atom stereocenters. The molecule has 0 radical (unpaired) electrons. The second-order valence-corrected chi connectivity index (χ2v) is 4.08. The molecule has 1 aromatic rings. The molecule has 1 aromatic carbocycles. The molecule has 0 amide bonds. The summed E-state index contributed by atoms with van der Waals surface area (Å²) in [5.41, 5.74) is 3.10. The summed E-state index contributed by atoms with van der Waals surface area (Å²) in [4.78, 5) is 0. The number of nitrogens with one attached hydrogen (secondary N) is 1. The standard InChI is InChI=1S/C12H16FN/c1-3-9-6-10-8(2)4-5-11(13)12(10)14-7-9/h4-5,9,14H,3,6-7H2,1-2H3. The third-order valence-electron chi connectivity index (χ3n) is 3.13. The molecule has 14 heavy (non-hydrogen) atoms. The Balaban J connectivity index is 2.40. The average Bonchev–Trinajstić information content (AvgIpc) is 2.23. The quantitative estimate of drug-likeness (QED) is 0.722. The summed E-state index contributed by atoms with van der Waals surface area (Å²) >= 11 is 0. The molecule has 0 aliphatic carbocycles. The molecule has 1 nitrogen and oxygen atoms in total. The van der Waals surface area contributed by atoms with Gasteiger partial charge in [-0.05, 0) is 36.5 Å². The van der Waals surface area contributed by atoms with Crippen molar-refractivity contribution < 1.29 is 4.39 Å². The maximum absolute atomic E-state index is 13.4. The summed E-state index contributed by atoms with van der Waals surface area (Å²) in [6.45, 7) is 5.15. The first-order chi connectivity index (χ1) is 6.72. The fourth-order valence-electron chi connectivity index (χ4n) is 2.07. The van der Waals surface area contributed by atoms with E-state index in [0.29, 0.717) is 5.92 Å². The minimum atomic E-state index is -0.111. The molecule has 0 saturated carbocycles. The van der Waals surface area contributed by atoms with Gasteiger partial charge in [-0.3, -0.25) is 0 Å². The van der Waals surface area contributed by atoms with Crippen molar-refractivity contribution in [3.05, 3.63) is 29.1 Å². The zero-order valence-corrected chi connectivity index (χ0v) is 8.73. The Hall–Kier alpha value is -1.05. The van der Waals surface area contributed by atoms with Gasteiger partial charge in [-0.2, -0.15) is 0 Å². The maximum atomic E-state index is 13.4. The first-order valence-corrected chi connectivity index (χ1v) is 5.24. The summed E-state index contributed by atoms with van der Waals surface area (Å²) < 4.78 is 13.4. The highest BCUT2D eigenvalue weighted by molar-refractivity contribution is 5.57. The van der Waals surface area contributed by atoms with Crippen molar-refractivity contribution in [3.63, 3.8) is 0 Å². The van der Waals surface area contributed by atoms with Crippen molar-refractivity contribution in [3.8, 4) is 0 Å². The summed E-state index contributed by atoms with van der Waals surface area (Å²) in [7, 11) is 0. The lowest BCUT2D eigenvalue weighted by atomic mass is 9.89. The lowest BCUT2D eigenvalue weighted by molar-refractivity contribution is 0.511. The van der Waals surface area contributed by atoms with Crippen molar-refractivity contribution in [1.29, 1.82) is 0 Å². The molecule has 1 N–H and O–H groups in total. The van der Waals surface area contributed by atoms with E-state index in [1.54, 1.807) is 6.07 Å². The molecule has 76 valence electrons. The van der Waals surface area contributed by atoms with Crippen molar-refractivity contribution in [1.82, 2.24) is 0 Å². The molecule has 0 saturated heterocycles. The van der Waals surface area contributed by atoms with E-state index in [1.165, 1.54) is 11.1 Å². The van der Waals surface area contributed by atoms with Crippen LogP contribution in [0, 0.1) is 18.7 Å². The molecule has 2 heteroatoms. The monoisotopic (exact) mass is 193 g/mol. The summed E-state index contributed by atoms with van der Waals surface area (Å²) in [6.07, 6.45) is 2.17. The van der Waals surface area contributed by atoms with Crippen LogP contribution in [0.15, 0.2) is 12.1 Å². The van der Waals surface area contributed by atoms with Gasteiger partial charge in [0.15, 0.2) is 0 Å². The lowest BCUT2D eigenvalue weighted by Crippen LogP contribution is -2.24. The van der Waals surface area contributed by atoms with Crippen LogP contribution in [0.2, 0.25) is 0 Å². The molecule has 1 aliphatic rings. The number of rotatable bonds is 1. The van der Waals surface area contributed by atoms with Crippen LogP contribution in [0.4, 0.5) is 10.1 Å². The molecular formula is C12H16FN. The van der Waals surface area contributed by atoms with Gasteiger partial charge in [0.05, 0.1) is 5.69 Å². The lowest BCUT2D eigenvalue weighted by Gasteiger charge is -2.26. The van der Waals surface area contributed by atoms with E-state index in [4.69, 9.17) is 0 Å². The Bertz CT molecular complexity index is 346. The van der Waals surface area contributed by atoms with Crippen LogP contribution in [0.1, 0.15) is 24.5 Å². The largest absolute Gasteiger partial charge is 0.382 e. The Morgan fingerprint density at radius 1 is 1.50 bits per heavy atom. The van der Waals surface area contributed by atoms with Crippen LogP contribution < -0.4 is 5.32 Å². The van der Waals surface area contributed by atoms with E-state index in [1.807, 2.05) is 6.07 Å². The van der Waals surface area contributed by atoms with E-state index < -0.39 is 0 Å². The van der Waals surface area contributed by atoms with E-state index >= 15 is 0 Å². The number of hydrogen-bond donors (Lipinski definition) is 1. The van der Waals surface area contributed by atoms with Gasteiger partial charge in [0.1, 0.15) is 5.82 Å². The predicted octanol–water partition coefficient (Wildman–Crippen LogP) is 3.13. The minimum Gasteiger partial charge on any atom is -0.382 e. The number of anilines is 1. The van der Waals surface area contributed by atoms with Crippen LogP contribution >= 0.6 is 0 Å². The first-order valence-electron chi connectivity index (χ1n) is 5.24. The molecule has 0 bridgehead atoms. The number of aryl methyl sites for hydroxylation is 1. The van der Waals surface area contributed by atoms with Crippen LogP contribution in [0.25, 0.3) is 0 Å². The molecule has 0 fully saturated rings. The smallest absolute Gasteiger partial charge is 0.146 e. The van der Waals surface area contributed by atoms with Crippen LogP contribution in [-0.2, 0) is 6.42 Å². The fourth-order valence-corrected chi connectivity index (χ4v) is 2.07. The van der Waals surface area contributed by atoms with Gasteiger partial charge >= 0.3 is 0 Å². The SMILES string of the molecule is CCC1CNc2c(F)ccc(C)c2C1. The number of halogens is 1. The highest BCUT2D eigenvalue weighted by Crippen LogP contribution is 2.30. The third kappa shape index (κ3) is 1.49. The van der Waals surface area contributed by atoms with Crippen LogP contribution in [0.5, 0.6) is 0 Å². The highest BCUT2D eigenvalue weighted by atomic mass is 19.1. The van der Waals surface area contributed by atoms with Gasteiger partial charge in [-0.1, -0.05) is 19.4 Å². The predicted molar refractivity (Wildman–Crippen MR) is 57.1 cm³/mol. The Labute approximate surface area is 84.3 Å². The van der Waals surface area contributed by atoms with Crippen molar-refractivity contribution in [2.45, 2.75) is 26.7 Å². The summed E-state index contributed by atoms with van der Waals surface area (Å²) in [5, 5.41) is 3.20. The van der Waals surface area contributed by atoms with Crippen LogP contribution in [-0.4, -0.2) is 6.54 Å². The van der Waals surface area contributed by atoms with Gasteiger partial charge in [0.25, 0.3) is 0 Å². The van der Waals surface area contributed by atoms with Gasteiger partial charge in [-0.15, -0.1) is 0 Å². The normalized spacial score (nSPS) is 20.1. The molecule has 0 aromatic heterocycles. The Morgan fingerprint density at radius 3 is 3.00 bits per heavy atom. The van der Waals surface area contributed by atoms with Gasteiger partial charge < -0.3 is 5.32 Å². The van der Waals surface area contributed by atoms with E-state index in [2.05, 4.69) is 19.2 Å². The van der Waals surface area contributed by atoms with E-state index in [9.17, 15) is 4.39 Å². The fraction of sp³-hybridized carbons (Fsp3) is 0.500. The van der Waals surface area contributed by atoms with Crippen molar-refractivity contribution in [2.75, 3.05) is 11.9 Å². The van der Waals surface area contributed by atoms with Gasteiger partial charge in [-0.25, -0.2) is 4.39 Å². The van der Waals surface area contributed by atoms with E-state index in [0.717, 1.165) is 25.1 Å². The maximum Gasteiger partial charge on any atom is 0.146 e. The zero-order valence-electron chi connectivity index (χ0n) is 8.73. The molecule has 1 aliphatic heterocycles. The van der Waals surface area contributed by atoms with Gasteiger partial charge in [0, 0.05) is 6.54 Å². The Morgan fingerprint density at radius 2 is 2.29 bits per heavy atom. The molecule has 0 spiro atoms. The molecule has 1 atom stereocenters. The van der Waals surface area contributed by atoms with Crippen molar-refractivity contribution >= 4 is 5.69 Å². The van der Waals surface area contributed by atoms with Gasteiger partial charge in [0.2, 0.25) is 0 Å². The van der Waals surface area contributed by atoms with E-state index in [-0.39, 0.29) is 5.82 Å². The summed E-state index contributed by atoms with van der Waals surface area (Å²) in [5.74, 6) is 0.545. The number of benzene rings is 1. The minimum absolute atomic E-state index is 0.111. The first kappa shape index (κ1) is 9.50. The van der Waals surface area contributed by atoms with Crippen molar-refractivity contribution in [2.24, 2.45) is 5.92 Å². The highest BCUT2D eigenvalue weighted by Gasteiger charge is 2.20. The third-order valence-corrected chi connectivity index (χ3v) is 3.13. The second-order valence-electron chi connectivity index (χ2n) is 4.08. The summed E-state index contributed by atoms with van der Waals surface area (Å²) in [6, 6.07) is 3.42. The second kappa shape index (κ2) is 3.60. The Kier molecular flexibility index (Phi) is 2.44.